The third-order valence-corrected chi connectivity index (χ3v) is 5.36. The van der Waals surface area contributed by atoms with Crippen molar-refractivity contribution in [3.63, 3.8) is 0 Å². The van der Waals surface area contributed by atoms with Crippen molar-refractivity contribution in [3.05, 3.63) is 70.2 Å². The molecule has 0 unspecified atom stereocenters. The Labute approximate surface area is 146 Å². The lowest BCUT2D eigenvalue weighted by Gasteiger charge is -2.26. The molecule has 1 atom stereocenters. The van der Waals surface area contributed by atoms with Crippen molar-refractivity contribution in [2.75, 3.05) is 12.3 Å². The molecule has 3 rings (SSSR count). The van der Waals surface area contributed by atoms with E-state index in [0.29, 0.717) is 22.9 Å². The summed E-state index contributed by atoms with van der Waals surface area (Å²) in [6, 6.07) is 11.9. The van der Waals surface area contributed by atoms with Gasteiger partial charge in [0, 0.05) is 12.3 Å². The van der Waals surface area contributed by atoms with Crippen LogP contribution in [0.25, 0.3) is 0 Å². The fraction of sp³-hybridized carbons (Fsp3) is 0.235. The van der Waals surface area contributed by atoms with Crippen LogP contribution in [0.4, 0.5) is 13.2 Å². The third-order valence-electron chi connectivity index (χ3n) is 3.79. The average Bonchev–Trinajstić information content (AvgIpc) is 3.03. The second-order valence-electron chi connectivity index (χ2n) is 5.29. The molecule has 7 heteroatoms. The fourth-order valence-corrected chi connectivity index (χ4v) is 4.20. The van der Waals surface area contributed by atoms with Crippen LogP contribution < -0.4 is 0 Å². The molecule has 0 bridgehead atoms. The number of amides is 1. The summed E-state index contributed by atoms with van der Waals surface area (Å²) in [6.07, 6.45) is -4.46. The van der Waals surface area contributed by atoms with Crippen LogP contribution in [0.2, 0.25) is 5.02 Å². The van der Waals surface area contributed by atoms with Gasteiger partial charge in [0.15, 0.2) is 0 Å². The molecule has 2 nitrogen and oxygen atoms in total. The number of benzene rings is 2. The molecule has 2 aromatic rings. The van der Waals surface area contributed by atoms with E-state index >= 15 is 0 Å². The smallest absolute Gasteiger partial charge is 0.322 e. The molecular formula is C17H13ClF3NOS. The topological polar surface area (TPSA) is 20.3 Å². The molecule has 1 heterocycles. The monoisotopic (exact) mass is 371 g/mol. The van der Waals surface area contributed by atoms with Gasteiger partial charge in [0.05, 0.1) is 16.1 Å². The number of nitrogens with zero attached hydrogens (tertiary/aromatic N) is 1. The Morgan fingerprint density at radius 2 is 1.79 bits per heavy atom. The van der Waals surface area contributed by atoms with Crippen LogP contribution in [0.1, 0.15) is 26.9 Å². The van der Waals surface area contributed by atoms with E-state index in [1.165, 1.54) is 28.8 Å². The predicted molar refractivity (Wildman–Crippen MR) is 89.1 cm³/mol. The van der Waals surface area contributed by atoms with Crippen LogP contribution >= 0.6 is 23.4 Å². The molecule has 1 saturated heterocycles. The van der Waals surface area contributed by atoms with E-state index in [1.54, 1.807) is 30.3 Å². The molecule has 0 aliphatic carbocycles. The van der Waals surface area contributed by atoms with E-state index in [1.807, 2.05) is 0 Å². The summed E-state index contributed by atoms with van der Waals surface area (Å²) in [5, 5.41) is -0.381. The molecule has 1 aliphatic heterocycles. The summed E-state index contributed by atoms with van der Waals surface area (Å²) in [5.74, 6) is 0.222. The minimum absolute atomic E-state index is 0.105. The summed E-state index contributed by atoms with van der Waals surface area (Å²) in [5.41, 5.74) is -0.301. The predicted octanol–water partition coefficient (Wildman–Crippen LogP) is 5.25. The average molecular weight is 372 g/mol. The molecule has 0 saturated carbocycles. The molecule has 0 N–H and O–H groups in total. The van der Waals surface area contributed by atoms with Gasteiger partial charge < -0.3 is 4.90 Å². The number of rotatable bonds is 2. The van der Waals surface area contributed by atoms with Gasteiger partial charge in [0.2, 0.25) is 0 Å². The number of alkyl halides is 3. The third kappa shape index (κ3) is 3.26. The summed E-state index contributed by atoms with van der Waals surface area (Å²) in [7, 11) is 0. The minimum Gasteiger partial charge on any atom is -0.322 e. The van der Waals surface area contributed by atoms with Crippen molar-refractivity contribution in [3.8, 4) is 0 Å². The molecule has 1 aliphatic rings. The van der Waals surface area contributed by atoms with E-state index in [-0.39, 0.29) is 11.5 Å². The molecular weight excluding hydrogens is 359 g/mol. The first-order chi connectivity index (χ1) is 11.4. The lowest BCUT2D eigenvalue weighted by molar-refractivity contribution is -0.138. The van der Waals surface area contributed by atoms with Gasteiger partial charge in [-0.2, -0.15) is 13.2 Å². The molecule has 2 aromatic carbocycles. The molecule has 126 valence electrons. The fourth-order valence-electron chi connectivity index (χ4n) is 2.70. The zero-order valence-corrected chi connectivity index (χ0v) is 14.0. The molecule has 24 heavy (non-hydrogen) atoms. The minimum atomic E-state index is -4.46. The zero-order chi connectivity index (χ0) is 17.3. The van der Waals surface area contributed by atoms with Crippen molar-refractivity contribution in [1.82, 2.24) is 4.90 Å². The van der Waals surface area contributed by atoms with E-state index in [4.69, 9.17) is 11.6 Å². The van der Waals surface area contributed by atoms with Gasteiger partial charge in [-0.3, -0.25) is 4.79 Å². The Balaban J connectivity index is 1.98. The standard InChI is InChI=1S/C17H13ClF3NOS/c18-14-8-4-2-6-12(14)15(23)22-9-10-24-16(22)11-5-1-3-7-13(11)17(19,20)21/h1-8,16H,9-10H2/t16-/m1/s1. The van der Waals surface area contributed by atoms with Gasteiger partial charge in [0.1, 0.15) is 5.37 Å². The maximum atomic E-state index is 13.3. The highest BCUT2D eigenvalue weighted by atomic mass is 35.5. The lowest BCUT2D eigenvalue weighted by atomic mass is 10.1. The number of halogens is 4. The van der Waals surface area contributed by atoms with E-state index in [9.17, 15) is 18.0 Å². The van der Waals surface area contributed by atoms with Gasteiger partial charge in [-0.05, 0) is 23.8 Å². The number of carbonyl (C=O) groups excluding carboxylic acids is 1. The Morgan fingerprint density at radius 1 is 1.12 bits per heavy atom. The number of carbonyl (C=O) groups is 1. The quantitative estimate of drug-likeness (QED) is 0.719. The normalized spacial score (nSPS) is 18.0. The van der Waals surface area contributed by atoms with Crippen LogP contribution in [-0.2, 0) is 6.18 Å². The first kappa shape index (κ1) is 17.2. The summed E-state index contributed by atoms with van der Waals surface area (Å²) in [6.45, 7) is 0.381. The SMILES string of the molecule is O=C(c1ccccc1Cl)N1CCS[C@@H]1c1ccccc1C(F)(F)F. The Kier molecular flexibility index (Phi) is 4.78. The first-order valence-corrected chi connectivity index (χ1v) is 8.65. The van der Waals surface area contributed by atoms with Crippen molar-refractivity contribution in [2.45, 2.75) is 11.6 Å². The second-order valence-corrected chi connectivity index (χ2v) is 6.88. The highest BCUT2D eigenvalue weighted by molar-refractivity contribution is 7.99. The number of hydrogen-bond donors (Lipinski definition) is 0. The molecule has 0 spiro atoms. The zero-order valence-electron chi connectivity index (χ0n) is 12.4. The molecule has 1 fully saturated rings. The maximum absolute atomic E-state index is 13.3. The van der Waals surface area contributed by atoms with Crippen LogP contribution in [0.3, 0.4) is 0 Å². The van der Waals surface area contributed by atoms with Crippen molar-refractivity contribution >= 4 is 29.3 Å². The van der Waals surface area contributed by atoms with Crippen molar-refractivity contribution < 1.29 is 18.0 Å². The molecule has 0 aromatic heterocycles. The second kappa shape index (κ2) is 6.69. The lowest BCUT2D eigenvalue weighted by Crippen LogP contribution is -2.31. The highest BCUT2D eigenvalue weighted by Gasteiger charge is 2.39. The highest BCUT2D eigenvalue weighted by Crippen LogP contribution is 2.44. The number of hydrogen-bond acceptors (Lipinski definition) is 2. The Morgan fingerprint density at radius 3 is 2.50 bits per heavy atom. The van der Waals surface area contributed by atoms with E-state index < -0.39 is 17.1 Å². The van der Waals surface area contributed by atoms with Gasteiger partial charge in [0.25, 0.3) is 5.91 Å². The van der Waals surface area contributed by atoms with Crippen LogP contribution in [0.15, 0.2) is 48.5 Å². The summed E-state index contributed by atoms with van der Waals surface area (Å²) in [4.78, 5) is 14.2. The van der Waals surface area contributed by atoms with Crippen LogP contribution in [-0.4, -0.2) is 23.1 Å². The van der Waals surface area contributed by atoms with Crippen LogP contribution in [0.5, 0.6) is 0 Å². The van der Waals surface area contributed by atoms with E-state index in [0.717, 1.165) is 6.07 Å². The van der Waals surface area contributed by atoms with Gasteiger partial charge >= 0.3 is 6.18 Å². The Hall–Kier alpha value is -1.66. The van der Waals surface area contributed by atoms with Gasteiger partial charge in [-0.15, -0.1) is 11.8 Å². The largest absolute Gasteiger partial charge is 0.416 e. The Bertz CT molecular complexity index is 765. The molecule has 1 amide bonds. The van der Waals surface area contributed by atoms with Gasteiger partial charge in [-0.1, -0.05) is 41.9 Å². The van der Waals surface area contributed by atoms with Crippen molar-refractivity contribution in [1.29, 1.82) is 0 Å². The van der Waals surface area contributed by atoms with Crippen molar-refractivity contribution in [2.24, 2.45) is 0 Å². The number of thioether (sulfide) groups is 1. The molecule has 0 radical (unpaired) electrons. The van der Waals surface area contributed by atoms with E-state index in [2.05, 4.69) is 0 Å². The first-order valence-electron chi connectivity index (χ1n) is 7.23. The van der Waals surface area contributed by atoms with Gasteiger partial charge in [-0.25, -0.2) is 0 Å². The summed E-state index contributed by atoms with van der Waals surface area (Å²) < 4.78 is 39.8. The maximum Gasteiger partial charge on any atom is 0.416 e. The summed E-state index contributed by atoms with van der Waals surface area (Å²) >= 11 is 7.39. The van der Waals surface area contributed by atoms with Crippen LogP contribution in [0, 0.1) is 0 Å².